The van der Waals surface area contributed by atoms with E-state index in [4.69, 9.17) is 4.74 Å². The Bertz CT molecular complexity index is 914. The highest BCUT2D eigenvalue weighted by Crippen LogP contribution is 2.30. The number of carbonyl (C=O) groups is 3. The van der Waals surface area contributed by atoms with Gasteiger partial charge in [0.25, 0.3) is 0 Å². The number of rotatable bonds is 11. The number of carbonyl (C=O) groups excluding carboxylic acids is 3. The molecule has 0 bridgehead atoms. The van der Waals surface area contributed by atoms with E-state index in [0.717, 1.165) is 11.1 Å². The smallest absolute Gasteiger partial charge is 0.328 e. The summed E-state index contributed by atoms with van der Waals surface area (Å²) in [4.78, 5) is 38.0. The summed E-state index contributed by atoms with van der Waals surface area (Å²) in [6.07, 6.45) is 1.37. The van der Waals surface area contributed by atoms with Crippen molar-refractivity contribution < 1.29 is 24.2 Å². The topological polar surface area (TPSA) is 92.7 Å². The van der Waals surface area contributed by atoms with Crippen LogP contribution in [0.3, 0.4) is 0 Å². The molecule has 0 aliphatic rings. The molecule has 0 saturated carbocycles. The third kappa shape index (κ3) is 8.92. The van der Waals surface area contributed by atoms with E-state index in [1.54, 1.807) is 12.1 Å². The van der Waals surface area contributed by atoms with Gasteiger partial charge in [-0.3, -0.25) is 9.59 Å². The first kappa shape index (κ1) is 26.5. The summed E-state index contributed by atoms with van der Waals surface area (Å²) in [5.74, 6) is -0.919. The Morgan fingerprint density at radius 1 is 0.970 bits per heavy atom. The highest BCUT2D eigenvalue weighted by molar-refractivity contribution is 8.14. The van der Waals surface area contributed by atoms with Crippen LogP contribution in [0.15, 0.2) is 54.6 Å². The Labute approximate surface area is 200 Å². The summed E-state index contributed by atoms with van der Waals surface area (Å²) in [5, 5.41) is 12.1. The molecule has 0 aliphatic heterocycles. The maximum Gasteiger partial charge on any atom is 0.328 e. The van der Waals surface area contributed by atoms with Crippen LogP contribution >= 0.6 is 11.8 Å². The first-order valence-corrected chi connectivity index (χ1v) is 11.9. The quantitative estimate of drug-likeness (QED) is 0.479. The Hall–Kier alpha value is -2.80. The predicted octanol–water partition coefficient (Wildman–Crippen LogP) is 4.15. The minimum absolute atomic E-state index is 0.0416. The van der Waals surface area contributed by atoms with Gasteiger partial charge in [0.05, 0.1) is 13.0 Å². The molecule has 2 rings (SSSR count). The van der Waals surface area contributed by atoms with Gasteiger partial charge < -0.3 is 15.2 Å². The fraction of sp³-hybridized carbons (Fsp3) is 0.423. The van der Waals surface area contributed by atoms with E-state index >= 15 is 0 Å². The van der Waals surface area contributed by atoms with Crippen molar-refractivity contribution >= 4 is 28.8 Å². The predicted molar refractivity (Wildman–Crippen MR) is 131 cm³/mol. The lowest BCUT2D eigenvalue weighted by Crippen LogP contribution is -2.48. The van der Waals surface area contributed by atoms with Gasteiger partial charge in [-0.1, -0.05) is 68.1 Å². The van der Waals surface area contributed by atoms with Crippen LogP contribution in [0.1, 0.15) is 38.3 Å². The maximum absolute atomic E-state index is 13.5. The highest BCUT2D eigenvalue weighted by atomic mass is 32.2. The van der Waals surface area contributed by atoms with E-state index < -0.39 is 17.9 Å². The Kier molecular flexibility index (Phi) is 10.5. The van der Waals surface area contributed by atoms with Crippen molar-refractivity contribution in [1.82, 2.24) is 5.32 Å². The number of hydrogen-bond acceptors (Lipinski definition) is 6. The van der Waals surface area contributed by atoms with E-state index in [1.165, 1.54) is 37.9 Å². The van der Waals surface area contributed by atoms with Crippen LogP contribution in [0.4, 0.5) is 0 Å². The van der Waals surface area contributed by atoms with E-state index in [2.05, 4.69) is 19.2 Å². The zero-order valence-electron chi connectivity index (χ0n) is 19.6. The summed E-state index contributed by atoms with van der Waals surface area (Å²) in [6, 6.07) is 15.3. The van der Waals surface area contributed by atoms with Crippen LogP contribution in [0.2, 0.25) is 0 Å². The number of amides is 1. The normalized spacial score (nSPS) is 13.7. The maximum atomic E-state index is 13.5. The van der Waals surface area contributed by atoms with Crippen LogP contribution in [0.25, 0.3) is 0 Å². The molecule has 0 fully saturated rings. The van der Waals surface area contributed by atoms with Crippen molar-refractivity contribution in [3.63, 3.8) is 0 Å². The van der Waals surface area contributed by atoms with E-state index in [1.807, 2.05) is 30.3 Å². The molecule has 2 unspecified atom stereocenters. The molecule has 2 aromatic carbocycles. The number of esters is 1. The van der Waals surface area contributed by atoms with Crippen LogP contribution in [0.5, 0.6) is 5.75 Å². The fourth-order valence-corrected chi connectivity index (χ4v) is 5.01. The van der Waals surface area contributed by atoms with Crippen molar-refractivity contribution in [3.05, 3.63) is 65.7 Å². The second kappa shape index (κ2) is 13.0. The van der Waals surface area contributed by atoms with E-state index in [9.17, 15) is 19.5 Å². The Balaban J connectivity index is 2.31. The molecule has 2 N–H and O–H groups in total. The Morgan fingerprint density at radius 2 is 1.58 bits per heavy atom. The van der Waals surface area contributed by atoms with Gasteiger partial charge >= 0.3 is 5.97 Å². The molecule has 33 heavy (non-hydrogen) atoms. The second-order valence-electron chi connectivity index (χ2n) is 8.53. The molecular formula is C26H33NO5S. The number of hydrogen-bond donors (Lipinski definition) is 2. The van der Waals surface area contributed by atoms with Gasteiger partial charge in [-0.2, -0.15) is 0 Å². The number of nitrogens with one attached hydrogen (secondary N) is 1. The standard InChI is InChI=1S/C26H33NO5S/c1-17(2)14-24(33-18(3)28)22(15-19-8-6-5-7-9-19)25(30)27-23(26(31)32-4)16-20-10-12-21(29)13-11-20/h5-13,17,22-24,29H,14-16H2,1-4H3,(H,27,30)/t22?,23-,24?/m0/s1. The second-order valence-corrected chi connectivity index (χ2v) is 9.94. The molecule has 0 saturated heterocycles. The van der Waals surface area contributed by atoms with Crippen molar-refractivity contribution in [2.24, 2.45) is 11.8 Å². The summed E-state index contributed by atoms with van der Waals surface area (Å²) in [5.41, 5.74) is 1.77. The van der Waals surface area contributed by atoms with Gasteiger partial charge in [0.2, 0.25) is 5.91 Å². The van der Waals surface area contributed by atoms with Crippen LogP contribution in [0, 0.1) is 11.8 Å². The molecule has 0 radical (unpaired) electrons. The minimum atomic E-state index is -0.882. The van der Waals surface area contributed by atoms with Crippen molar-refractivity contribution in [1.29, 1.82) is 0 Å². The molecule has 7 heteroatoms. The lowest BCUT2D eigenvalue weighted by molar-refractivity contribution is -0.145. The average molecular weight is 472 g/mol. The number of methoxy groups -OCH3 is 1. The summed E-state index contributed by atoms with van der Waals surface area (Å²) in [6.45, 7) is 5.64. The molecule has 0 aliphatic carbocycles. The van der Waals surface area contributed by atoms with Crippen LogP contribution < -0.4 is 5.32 Å². The monoisotopic (exact) mass is 471 g/mol. The largest absolute Gasteiger partial charge is 0.508 e. The highest BCUT2D eigenvalue weighted by Gasteiger charge is 2.33. The number of phenols is 1. The molecule has 3 atom stereocenters. The fourth-order valence-electron chi connectivity index (χ4n) is 3.72. The molecule has 0 aromatic heterocycles. The zero-order valence-corrected chi connectivity index (χ0v) is 20.4. The molecule has 2 aromatic rings. The summed E-state index contributed by atoms with van der Waals surface area (Å²) < 4.78 is 4.93. The molecule has 0 spiro atoms. The number of aromatic hydroxyl groups is 1. The molecule has 1 amide bonds. The van der Waals surface area contributed by atoms with Gasteiger partial charge in [-0.15, -0.1) is 0 Å². The zero-order chi connectivity index (χ0) is 24.4. The first-order chi connectivity index (χ1) is 15.7. The minimum Gasteiger partial charge on any atom is -0.508 e. The van der Waals surface area contributed by atoms with Crippen molar-refractivity contribution in [2.45, 2.75) is 51.3 Å². The SMILES string of the molecule is COC(=O)[C@H](Cc1ccc(O)cc1)NC(=O)C(Cc1ccccc1)C(CC(C)C)SC(C)=O. The lowest BCUT2D eigenvalue weighted by atomic mass is 9.90. The van der Waals surface area contributed by atoms with Gasteiger partial charge in [-0.05, 0) is 42.0 Å². The van der Waals surface area contributed by atoms with Gasteiger partial charge in [0.1, 0.15) is 11.8 Å². The van der Waals surface area contributed by atoms with Crippen molar-refractivity contribution in [2.75, 3.05) is 7.11 Å². The number of phenolic OH excluding ortho intramolecular Hbond substituents is 1. The van der Waals surface area contributed by atoms with E-state index in [0.29, 0.717) is 18.8 Å². The third-order valence-electron chi connectivity index (χ3n) is 5.28. The lowest BCUT2D eigenvalue weighted by Gasteiger charge is -2.28. The van der Waals surface area contributed by atoms with Crippen LogP contribution in [-0.4, -0.2) is 40.5 Å². The first-order valence-electron chi connectivity index (χ1n) is 11.1. The van der Waals surface area contributed by atoms with Crippen molar-refractivity contribution in [3.8, 4) is 5.75 Å². The van der Waals surface area contributed by atoms with Gasteiger partial charge in [-0.25, -0.2) is 4.79 Å². The average Bonchev–Trinajstić information content (AvgIpc) is 2.77. The molecular weight excluding hydrogens is 438 g/mol. The third-order valence-corrected chi connectivity index (χ3v) is 6.44. The van der Waals surface area contributed by atoms with Crippen LogP contribution in [-0.2, 0) is 32.0 Å². The number of ether oxygens (including phenoxy) is 1. The molecule has 6 nitrogen and oxygen atoms in total. The number of thioether (sulfide) groups is 1. The van der Waals surface area contributed by atoms with Gasteiger partial charge in [0.15, 0.2) is 5.12 Å². The van der Waals surface area contributed by atoms with E-state index in [-0.39, 0.29) is 28.4 Å². The number of benzene rings is 2. The Morgan fingerprint density at radius 3 is 2.12 bits per heavy atom. The summed E-state index contributed by atoms with van der Waals surface area (Å²) >= 11 is 1.19. The molecule has 0 heterocycles. The summed E-state index contributed by atoms with van der Waals surface area (Å²) in [7, 11) is 1.28. The molecule has 178 valence electrons. The van der Waals surface area contributed by atoms with Gasteiger partial charge in [0, 0.05) is 18.6 Å².